The highest BCUT2D eigenvalue weighted by Crippen LogP contribution is 2.35. The Morgan fingerprint density at radius 2 is 2.09 bits per heavy atom. The Balaban J connectivity index is 1.25. The van der Waals surface area contributed by atoms with Gasteiger partial charge in [-0.25, -0.2) is 4.39 Å². The van der Waals surface area contributed by atoms with Crippen LogP contribution in [0.1, 0.15) is 27.9 Å². The molecule has 166 valence electrons. The van der Waals surface area contributed by atoms with Crippen LogP contribution in [-0.2, 0) is 29.6 Å². The van der Waals surface area contributed by atoms with Gasteiger partial charge in [0.2, 0.25) is 5.91 Å². The SMILES string of the molecule is CN1C(=O)CCc2c1ccc(-c1n[nH]cc1COC1CN(C(=O)c3cnn(C)c3)C1)c2F. The number of anilines is 1. The number of rotatable bonds is 5. The molecule has 4 heterocycles. The van der Waals surface area contributed by atoms with Gasteiger partial charge in [-0.2, -0.15) is 10.2 Å². The smallest absolute Gasteiger partial charge is 0.257 e. The second-order valence-corrected chi connectivity index (χ2v) is 8.18. The van der Waals surface area contributed by atoms with Crippen molar-refractivity contribution >= 4 is 17.5 Å². The Hall–Kier alpha value is -3.53. The van der Waals surface area contributed by atoms with Crippen LogP contribution >= 0.6 is 0 Å². The maximum atomic E-state index is 15.3. The van der Waals surface area contributed by atoms with Crippen molar-refractivity contribution in [2.45, 2.75) is 25.6 Å². The van der Waals surface area contributed by atoms with Crippen molar-refractivity contribution in [1.82, 2.24) is 24.9 Å². The first kappa shape index (κ1) is 20.4. The molecular weight excluding hydrogens is 415 g/mol. The summed E-state index contributed by atoms with van der Waals surface area (Å²) in [5.41, 5.74) is 3.30. The monoisotopic (exact) mass is 438 g/mol. The quantitative estimate of drug-likeness (QED) is 0.656. The van der Waals surface area contributed by atoms with E-state index in [-0.39, 0.29) is 36.8 Å². The first-order valence-electron chi connectivity index (χ1n) is 10.4. The van der Waals surface area contributed by atoms with Gasteiger partial charge in [0.25, 0.3) is 5.91 Å². The lowest BCUT2D eigenvalue weighted by Crippen LogP contribution is -2.54. The van der Waals surface area contributed by atoms with Crippen molar-refractivity contribution in [1.29, 1.82) is 0 Å². The molecule has 0 spiro atoms. The van der Waals surface area contributed by atoms with Crippen molar-refractivity contribution in [3.8, 4) is 11.3 Å². The Bertz CT molecular complexity index is 1200. The average Bonchev–Trinajstić information content (AvgIpc) is 3.39. The third-order valence-electron chi connectivity index (χ3n) is 6.08. The van der Waals surface area contributed by atoms with E-state index in [1.807, 2.05) is 0 Å². The van der Waals surface area contributed by atoms with Gasteiger partial charge in [-0.1, -0.05) is 0 Å². The van der Waals surface area contributed by atoms with E-state index in [1.54, 1.807) is 54.4 Å². The number of hydrogen-bond donors (Lipinski definition) is 1. The maximum Gasteiger partial charge on any atom is 0.257 e. The van der Waals surface area contributed by atoms with Crippen LogP contribution in [0, 0.1) is 5.82 Å². The summed E-state index contributed by atoms with van der Waals surface area (Å²) in [6.45, 7) is 1.24. The molecule has 5 rings (SSSR count). The number of benzene rings is 1. The summed E-state index contributed by atoms with van der Waals surface area (Å²) in [5, 5.41) is 11.1. The Morgan fingerprint density at radius 1 is 1.28 bits per heavy atom. The molecule has 2 aromatic heterocycles. The molecule has 2 amide bonds. The van der Waals surface area contributed by atoms with Gasteiger partial charge in [-0.15, -0.1) is 0 Å². The number of carbonyl (C=O) groups is 2. The maximum absolute atomic E-state index is 15.3. The normalized spacial score (nSPS) is 16.3. The first-order chi connectivity index (χ1) is 15.4. The third-order valence-corrected chi connectivity index (χ3v) is 6.08. The van der Waals surface area contributed by atoms with Gasteiger partial charge in [-0.05, 0) is 18.6 Å². The molecule has 0 saturated carbocycles. The number of H-pyrrole nitrogens is 1. The molecule has 0 bridgehead atoms. The highest BCUT2D eigenvalue weighted by Gasteiger charge is 2.33. The predicted molar refractivity (Wildman–Crippen MR) is 113 cm³/mol. The van der Waals surface area contributed by atoms with E-state index in [0.717, 1.165) is 5.56 Å². The molecule has 1 N–H and O–H groups in total. The van der Waals surface area contributed by atoms with Crippen LogP contribution in [-0.4, -0.2) is 62.9 Å². The largest absolute Gasteiger partial charge is 0.370 e. The van der Waals surface area contributed by atoms with Crippen LogP contribution in [0.5, 0.6) is 0 Å². The molecule has 2 aliphatic rings. The third kappa shape index (κ3) is 3.46. The lowest BCUT2D eigenvalue weighted by molar-refractivity contribution is -0.118. The number of nitrogens with zero attached hydrogens (tertiary/aromatic N) is 5. The number of likely N-dealkylation sites (tertiary alicyclic amines) is 1. The summed E-state index contributed by atoms with van der Waals surface area (Å²) in [6, 6.07) is 3.42. The summed E-state index contributed by atoms with van der Waals surface area (Å²) >= 11 is 0. The van der Waals surface area contributed by atoms with Gasteiger partial charge >= 0.3 is 0 Å². The topological polar surface area (TPSA) is 96.3 Å². The molecule has 1 aromatic carbocycles. The van der Waals surface area contributed by atoms with Crippen molar-refractivity contribution in [3.05, 3.63) is 53.2 Å². The van der Waals surface area contributed by atoms with Crippen molar-refractivity contribution in [2.75, 3.05) is 25.0 Å². The van der Waals surface area contributed by atoms with Crippen molar-refractivity contribution in [3.63, 3.8) is 0 Å². The molecule has 0 atom stereocenters. The van der Waals surface area contributed by atoms with E-state index < -0.39 is 0 Å². The second kappa shape index (κ2) is 7.86. The summed E-state index contributed by atoms with van der Waals surface area (Å²) < 4.78 is 22.8. The lowest BCUT2D eigenvalue weighted by atomic mass is 9.96. The van der Waals surface area contributed by atoms with E-state index in [4.69, 9.17) is 4.74 Å². The first-order valence-corrected chi connectivity index (χ1v) is 10.4. The number of nitrogens with one attached hydrogen (secondary N) is 1. The van der Waals surface area contributed by atoms with Gasteiger partial charge in [0.05, 0.1) is 24.5 Å². The zero-order valence-corrected chi connectivity index (χ0v) is 17.8. The van der Waals surface area contributed by atoms with Crippen LogP contribution < -0.4 is 4.90 Å². The molecule has 0 unspecified atom stereocenters. The second-order valence-electron chi connectivity index (χ2n) is 8.18. The zero-order valence-electron chi connectivity index (χ0n) is 17.8. The molecule has 3 aromatic rings. The number of halogens is 1. The van der Waals surface area contributed by atoms with E-state index in [1.165, 1.54) is 4.90 Å². The van der Waals surface area contributed by atoms with E-state index >= 15 is 4.39 Å². The molecule has 1 fully saturated rings. The standard InChI is InChI=1S/C22H23FN6O3/c1-27-9-13(8-25-27)22(31)29-10-15(11-29)32-12-14-7-24-26-21(14)17-3-5-18-16(20(17)23)4-6-19(30)28(18)2/h3,5,7-9,15H,4,6,10-12H2,1-2H3,(H,24,26). The molecule has 2 aliphatic heterocycles. The van der Waals surface area contributed by atoms with E-state index in [9.17, 15) is 9.59 Å². The van der Waals surface area contributed by atoms with Gasteiger partial charge in [0, 0.05) is 68.4 Å². The number of amides is 2. The number of fused-ring (bicyclic) bond motifs is 1. The predicted octanol–water partition coefficient (Wildman–Crippen LogP) is 1.90. The van der Waals surface area contributed by atoms with Crippen LogP contribution in [0.15, 0.2) is 30.7 Å². The molecule has 1 saturated heterocycles. The Morgan fingerprint density at radius 3 is 2.84 bits per heavy atom. The van der Waals surface area contributed by atoms with Crippen LogP contribution in [0.3, 0.4) is 0 Å². The number of aromatic nitrogens is 4. The van der Waals surface area contributed by atoms with E-state index in [2.05, 4.69) is 15.3 Å². The molecular formula is C22H23FN6O3. The van der Waals surface area contributed by atoms with Gasteiger partial charge in [0.15, 0.2) is 0 Å². The fourth-order valence-corrected chi connectivity index (χ4v) is 4.17. The van der Waals surface area contributed by atoms with Gasteiger partial charge in [0.1, 0.15) is 11.5 Å². The Kier molecular flexibility index (Phi) is 5.01. The highest BCUT2D eigenvalue weighted by atomic mass is 19.1. The number of ether oxygens (including phenoxy) is 1. The number of aromatic amines is 1. The minimum absolute atomic E-state index is 0.0185. The van der Waals surface area contributed by atoms with Crippen LogP contribution in [0.25, 0.3) is 11.3 Å². The number of carbonyl (C=O) groups excluding carboxylic acids is 2. The summed E-state index contributed by atoms with van der Waals surface area (Å²) in [5.74, 6) is -0.441. The molecule has 0 aliphatic carbocycles. The molecule has 0 radical (unpaired) electrons. The average molecular weight is 438 g/mol. The Labute approximate surface area is 183 Å². The summed E-state index contributed by atoms with van der Waals surface area (Å²) in [7, 11) is 3.43. The molecule has 9 nitrogen and oxygen atoms in total. The highest BCUT2D eigenvalue weighted by molar-refractivity contribution is 5.96. The van der Waals surface area contributed by atoms with Gasteiger partial charge in [-0.3, -0.25) is 19.4 Å². The van der Waals surface area contributed by atoms with E-state index in [0.29, 0.717) is 47.6 Å². The van der Waals surface area contributed by atoms with Crippen LogP contribution in [0.4, 0.5) is 10.1 Å². The fraction of sp³-hybridized carbons (Fsp3) is 0.364. The van der Waals surface area contributed by atoms with Crippen molar-refractivity contribution < 1.29 is 18.7 Å². The zero-order chi connectivity index (χ0) is 22.4. The minimum Gasteiger partial charge on any atom is -0.370 e. The number of hydrogen-bond acceptors (Lipinski definition) is 5. The molecule has 10 heteroatoms. The number of aryl methyl sites for hydroxylation is 1. The summed E-state index contributed by atoms with van der Waals surface area (Å²) in [6.07, 6.45) is 5.50. The van der Waals surface area contributed by atoms with Crippen molar-refractivity contribution in [2.24, 2.45) is 7.05 Å². The summed E-state index contributed by atoms with van der Waals surface area (Å²) in [4.78, 5) is 27.5. The lowest BCUT2D eigenvalue weighted by Gasteiger charge is -2.38. The minimum atomic E-state index is -0.355. The van der Waals surface area contributed by atoms with Gasteiger partial charge < -0.3 is 14.5 Å². The fourth-order valence-electron chi connectivity index (χ4n) is 4.17. The van der Waals surface area contributed by atoms with Crippen LogP contribution in [0.2, 0.25) is 0 Å². The molecule has 32 heavy (non-hydrogen) atoms.